The molecule has 22 heavy (non-hydrogen) atoms. The summed E-state index contributed by atoms with van der Waals surface area (Å²) in [7, 11) is 3.29. The number of anilines is 1. The molecule has 2 N–H and O–H groups in total. The quantitative estimate of drug-likeness (QED) is 0.910. The first-order valence-electron chi connectivity index (χ1n) is 7.06. The highest BCUT2D eigenvalue weighted by molar-refractivity contribution is 6.08. The zero-order chi connectivity index (χ0) is 16.3. The van der Waals surface area contributed by atoms with Crippen LogP contribution in [0.4, 0.5) is 5.82 Å². The second-order valence-corrected chi connectivity index (χ2v) is 5.59. The van der Waals surface area contributed by atoms with Crippen molar-refractivity contribution in [2.75, 3.05) is 19.4 Å². The average Bonchev–Trinajstić information content (AvgIpc) is 2.94. The number of rotatable bonds is 4. The van der Waals surface area contributed by atoms with Gasteiger partial charge < -0.3 is 10.2 Å². The minimum atomic E-state index is -0.285. The zero-order valence-electron chi connectivity index (χ0n) is 13.2. The zero-order valence-corrected chi connectivity index (χ0v) is 13.2. The van der Waals surface area contributed by atoms with Crippen molar-refractivity contribution >= 4 is 17.6 Å². The van der Waals surface area contributed by atoms with Gasteiger partial charge in [-0.05, 0) is 23.6 Å². The fraction of sp³-hybridized carbons (Fsp3) is 0.312. The van der Waals surface area contributed by atoms with Crippen molar-refractivity contribution < 1.29 is 9.59 Å². The summed E-state index contributed by atoms with van der Waals surface area (Å²) < 4.78 is 0. The highest BCUT2D eigenvalue weighted by atomic mass is 16.2. The van der Waals surface area contributed by atoms with Crippen molar-refractivity contribution in [1.82, 2.24) is 15.1 Å². The summed E-state index contributed by atoms with van der Waals surface area (Å²) >= 11 is 0. The number of hydrogen-bond acceptors (Lipinski definition) is 3. The second-order valence-electron chi connectivity index (χ2n) is 5.59. The molecule has 6 heteroatoms. The van der Waals surface area contributed by atoms with E-state index in [0.717, 1.165) is 0 Å². The number of hydrogen-bond donors (Lipinski definition) is 2. The number of H-pyrrole nitrogens is 1. The van der Waals surface area contributed by atoms with Crippen LogP contribution >= 0.6 is 0 Å². The molecule has 2 rings (SSSR count). The van der Waals surface area contributed by atoms with Crippen LogP contribution in [-0.4, -0.2) is 41.0 Å². The van der Waals surface area contributed by atoms with Crippen LogP contribution in [0.2, 0.25) is 0 Å². The molecule has 0 radical (unpaired) electrons. The van der Waals surface area contributed by atoms with Crippen molar-refractivity contribution in [3.8, 4) is 0 Å². The van der Waals surface area contributed by atoms with Crippen molar-refractivity contribution in [1.29, 1.82) is 0 Å². The van der Waals surface area contributed by atoms with Crippen LogP contribution in [0.5, 0.6) is 0 Å². The Bertz CT molecular complexity index is 672. The normalized spacial score (nSPS) is 10.6. The topological polar surface area (TPSA) is 78.1 Å². The molecule has 1 heterocycles. The number of aromatic amines is 1. The monoisotopic (exact) mass is 300 g/mol. The van der Waals surface area contributed by atoms with Crippen LogP contribution in [0.3, 0.4) is 0 Å². The first kappa shape index (κ1) is 15.8. The maximum atomic E-state index is 12.3. The lowest BCUT2D eigenvalue weighted by Gasteiger charge is -2.11. The lowest BCUT2D eigenvalue weighted by Crippen LogP contribution is -2.23. The third kappa shape index (κ3) is 3.33. The van der Waals surface area contributed by atoms with Gasteiger partial charge >= 0.3 is 0 Å². The molecule has 6 nitrogen and oxygen atoms in total. The molecule has 1 aromatic carbocycles. The molecule has 2 amide bonds. The number of aromatic nitrogens is 2. The molecule has 0 aliphatic carbocycles. The van der Waals surface area contributed by atoms with Crippen LogP contribution in [0.25, 0.3) is 0 Å². The third-order valence-corrected chi connectivity index (χ3v) is 3.35. The minimum absolute atomic E-state index is 0.223. The minimum Gasteiger partial charge on any atom is -0.345 e. The second kappa shape index (κ2) is 6.43. The van der Waals surface area contributed by atoms with Crippen molar-refractivity contribution in [3.63, 3.8) is 0 Å². The highest BCUT2D eigenvalue weighted by Crippen LogP contribution is 2.17. The van der Waals surface area contributed by atoms with E-state index in [0.29, 0.717) is 22.9 Å². The summed E-state index contributed by atoms with van der Waals surface area (Å²) in [4.78, 5) is 25.7. The van der Waals surface area contributed by atoms with Gasteiger partial charge in [-0.2, -0.15) is 5.10 Å². The Kier molecular flexibility index (Phi) is 4.60. The Morgan fingerprint density at radius 2 is 1.82 bits per heavy atom. The predicted molar refractivity (Wildman–Crippen MR) is 85.1 cm³/mol. The molecule has 0 bridgehead atoms. The van der Waals surface area contributed by atoms with Crippen LogP contribution in [0.15, 0.2) is 30.5 Å². The number of carbonyl (C=O) groups excluding carboxylic acids is 2. The number of nitrogens with zero attached hydrogens (tertiary/aromatic N) is 2. The Hall–Kier alpha value is -2.63. The molecule has 0 saturated carbocycles. The standard InChI is InChI=1S/C16H20N4O2/c1-10(2)11-5-7-12(8-6-11)15(21)18-14-13(9-17-19-14)16(22)20(3)4/h5-10H,1-4H3,(H2,17,18,19,21). The first-order valence-corrected chi connectivity index (χ1v) is 7.06. The van der Waals surface area contributed by atoms with Gasteiger partial charge in [0.25, 0.3) is 11.8 Å². The van der Waals surface area contributed by atoms with Crippen LogP contribution in [0, 0.1) is 0 Å². The molecule has 0 saturated heterocycles. The third-order valence-electron chi connectivity index (χ3n) is 3.35. The van der Waals surface area contributed by atoms with E-state index < -0.39 is 0 Å². The Balaban J connectivity index is 2.16. The summed E-state index contributed by atoms with van der Waals surface area (Å²) in [5, 5.41) is 9.15. The summed E-state index contributed by atoms with van der Waals surface area (Å²) in [5.74, 6) is 0.206. The van der Waals surface area contributed by atoms with Crippen molar-refractivity contribution in [2.24, 2.45) is 0 Å². The van der Waals surface area contributed by atoms with E-state index in [1.807, 2.05) is 12.1 Å². The summed E-state index contributed by atoms with van der Waals surface area (Å²) in [6.07, 6.45) is 1.40. The van der Waals surface area contributed by atoms with E-state index in [4.69, 9.17) is 0 Å². The number of amides is 2. The van der Waals surface area contributed by atoms with E-state index in [-0.39, 0.29) is 11.8 Å². The molecule has 0 fully saturated rings. The largest absolute Gasteiger partial charge is 0.345 e. The maximum Gasteiger partial charge on any atom is 0.258 e. The fourth-order valence-electron chi connectivity index (χ4n) is 1.99. The van der Waals surface area contributed by atoms with E-state index in [1.54, 1.807) is 26.2 Å². The van der Waals surface area contributed by atoms with E-state index >= 15 is 0 Å². The van der Waals surface area contributed by atoms with E-state index in [9.17, 15) is 9.59 Å². The van der Waals surface area contributed by atoms with Gasteiger partial charge in [-0.25, -0.2) is 0 Å². The van der Waals surface area contributed by atoms with E-state index in [1.165, 1.54) is 16.7 Å². The Morgan fingerprint density at radius 3 is 2.36 bits per heavy atom. The molecule has 2 aromatic rings. The molecular weight excluding hydrogens is 280 g/mol. The SMILES string of the molecule is CC(C)c1ccc(C(=O)Nc2[nH]ncc2C(=O)N(C)C)cc1. The summed E-state index contributed by atoms with van der Waals surface area (Å²) in [6.45, 7) is 4.19. The van der Waals surface area contributed by atoms with Crippen molar-refractivity contribution in [2.45, 2.75) is 19.8 Å². The van der Waals surface area contributed by atoms with Gasteiger partial charge in [0.1, 0.15) is 11.4 Å². The molecular formula is C16H20N4O2. The molecule has 0 aliphatic heterocycles. The van der Waals surface area contributed by atoms with E-state index in [2.05, 4.69) is 29.4 Å². The molecule has 1 aromatic heterocycles. The van der Waals surface area contributed by atoms with Gasteiger partial charge in [0, 0.05) is 19.7 Å². The van der Waals surface area contributed by atoms with Crippen LogP contribution in [-0.2, 0) is 0 Å². The lowest BCUT2D eigenvalue weighted by atomic mass is 10.0. The Morgan fingerprint density at radius 1 is 1.18 bits per heavy atom. The Labute approximate surface area is 129 Å². The van der Waals surface area contributed by atoms with Crippen LogP contribution in [0.1, 0.15) is 46.0 Å². The predicted octanol–water partition coefficient (Wildman–Crippen LogP) is 2.49. The van der Waals surface area contributed by atoms with Crippen molar-refractivity contribution in [3.05, 3.63) is 47.2 Å². The first-order chi connectivity index (χ1) is 10.4. The number of benzene rings is 1. The maximum absolute atomic E-state index is 12.3. The average molecular weight is 300 g/mol. The molecule has 116 valence electrons. The smallest absolute Gasteiger partial charge is 0.258 e. The number of carbonyl (C=O) groups is 2. The fourth-order valence-corrected chi connectivity index (χ4v) is 1.99. The van der Waals surface area contributed by atoms with Crippen LogP contribution < -0.4 is 5.32 Å². The highest BCUT2D eigenvalue weighted by Gasteiger charge is 2.18. The molecule has 0 spiro atoms. The van der Waals surface area contributed by atoms with Gasteiger partial charge in [-0.1, -0.05) is 26.0 Å². The molecule has 0 aliphatic rings. The lowest BCUT2D eigenvalue weighted by molar-refractivity contribution is 0.0828. The molecule has 0 atom stereocenters. The summed E-state index contributed by atoms with van der Waals surface area (Å²) in [5.41, 5.74) is 2.03. The number of nitrogens with one attached hydrogen (secondary N) is 2. The van der Waals surface area contributed by atoms with Gasteiger partial charge in [0.05, 0.1) is 6.20 Å². The van der Waals surface area contributed by atoms with Gasteiger partial charge in [0.15, 0.2) is 0 Å². The van der Waals surface area contributed by atoms with Gasteiger partial charge in [-0.3, -0.25) is 14.7 Å². The van der Waals surface area contributed by atoms with Gasteiger partial charge in [-0.15, -0.1) is 0 Å². The molecule has 0 unspecified atom stereocenters. The van der Waals surface area contributed by atoms with Gasteiger partial charge in [0.2, 0.25) is 0 Å². The summed E-state index contributed by atoms with van der Waals surface area (Å²) in [6, 6.07) is 7.40.